The van der Waals surface area contributed by atoms with Crippen LogP contribution in [0.3, 0.4) is 0 Å². The van der Waals surface area contributed by atoms with E-state index in [2.05, 4.69) is 10.3 Å². The van der Waals surface area contributed by atoms with Crippen molar-refractivity contribution in [2.75, 3.05) is 0 Å². The number of hydrogen-bond acceptors (Lipinski definition) is 3. The topological polar surface area (TPSA) is 55.6 Å². The molecule has 1 aliphatic rings. The Labute approximate surface area is 178 Å². The lowest BCUT2D eigenvalue weighted by Crippen LogP contribution is -2.47. The van der Waals surface area contributed by atoms with Crippen LogP contribution in [0.25, 0.3) is 5.65 Å². The third-order valence-electron chi connectivity index (χ3n) is 5.63. The van der Waals surface area contributed by atoms with Gasteiger partial charge in [-0.05, 0) is 49.6 Å². The van der Waals surface area contributed by atoms with Crippen LogP contribution in [0.1, 0.15) is 47.3 Å². The molecule has 1 aromatic carbocycles. The van der Waals surface area contributed by atoms with E-state index in [9.17, 15) is 18.0 Å². The third-order valence-corrected chi connectivity index (χ3v) is 5.63. The summed E-state index contributed by atoms with van der Waals surface area (Å²) in [4.78, 5) is 17.1. The van der Waals surface area contributed by atoms with Gasteiger partial charge in [0.15, 0.2) is 0 Å². The van der Waals surface area contributed by atoms with E-state index in [1.165, 1.54) is 0 Å². The monoisotopic (exact) mass is 431 g/mol. The highest BCUT2D eigenvalue weighted by molar-refractivity contribution is 5.94. The van der Waals surface area contributed by atoms with Gasteiger partial charge in [0.25, 0.3) is 5.91 Å². The maximum Gasteiger partial charge on any atom is 0.393 e. The summed E-state index contributed by atoms with van der Waals surface area (Å²) < 4.78 is 47.6. The van der Waals surface area contributed by atoms with Crippen LogP contribution in [0, 0.1) is 12.8 Å². The van der Waals surface area contributed by atoms with Gasteiger partial charge in [-0.3, -0.25) is 4.79 Å². The predicted octanol–water partition coefficient (Wildman–Crippen LogP) is 5.07. The van der Waals surface area contributed by atoms with Crippen molar-refractivity contribution in [2.45, 2.75) is 51.4 Å². The van der Waals surface area contributed by atoms with Crippen molar-refractivity contribution in [1.82, 2.24) is 14.7 Å². The van der Waals surface area contributed by atoms with Crippen LogP contribution in [0.15, 0.2) is 48.8 Å². The van der Waals surface area contributed by atoms with Crippen LogP contribution in [0.2, 0.25) is 0 Å². The Hall–Kier alpha value is -3.03. The normalized spacial score (nSPS) is 19.4. The molecule has 0 saturated heterocycles. The van der Waals surface area contributed by atoms with Crippen molar-refractivity contribution in [1.29, 1.82) is 0 Å². The van der Waals surface area contributed by atoms with Crippen LogP contribution >= 0.6 is 0 Å². The Morgan fingerprint density at radius 2 is 2.00 bits per heavy atom. The van der Waals surface area contributed by atoms with Crippen LogP contribution < -0.4 is 10.1 Å². The number of rotatable bonds is 5. The number of nitrogens with one attached hydrogen (secondary N) is 1. The number of pyridine rings is 1. The third kappa shape index (κ3) is 5.00. The maximum atomic E-state index is 13.3. The molecule has 4 rings (SSSR count). The van der Waals surface area contributed by atoms with Gasteiger partial charge in [-0.1, -0.05) is 25.0 Å². The Bertz CT molecular complexity index is 1080. The van der Waals surface area contributed by atoms with Crippen LogP contribution in [0.5, 0.6) is 5.75 Å². The second kappa shape index (κ2) is 8.61. The first kappa shape index (κ1) is 21.2. The van der Waals surface area contributed by atoms with E-state index in [0.29, 0.717) is 25.0 Å². The van der Waals surface area contributed by atoms with Crippen molar-refractivity contribution >= 4 is 11.6 Å². The Morgan fingerprint density at radius 3 is 2.81 bits per heavy atom. The summed E-state index contributed by atoms with van der Waals surface area (Å²) in [5, 5.41) is 2.59. The van der Waals surface area contributed by atoms with E-state index in [4.69, 9.17) is 4.74 Å². The largest absolute Gasteiger partial charge is 0.487 e. The van der Waals surface area contributed by atoms with Crippen molar-refractivity contribution in [2.24, 2.45) is 5.92 Å². The van der Waals surface area contributed by atoms with Gasteiger partial charge in [0.1, 0.15) is 18.0 Å². The maximum absolute atomic E-state index is 13.3. The first-order valence-electron chi connectivity index (χ1n) is 10.3. The molecular formula is C23H24F3N3O2. The molecule has 1 N–H and O–H groups in total. The second-order valence-corrected chi connectivity index (χ2v) is 8.03. The zero-order valence-corrected chi connectivity index (χ0v) is 17.2. The predicted molar refractivity (Wildman–Crippen MR) is 110 cm³/mol. The summed E-state index contributed by atoms with van der Waals surface area (Å²) in [7, 11) is 0. The Morgan fingerprint density at radius 1 is 1.19 bits per heavy atom. The lowest BCUT2D eigenvalue weighted by atomic mass is 9.84. The molecule has 31 heavy (non-hydrogen) atoms. The number of nitrogens with zero attached hydrogens (tertiary/aromatic N) is 2. The van der Waals surface area contributed by atoms with E-state index >= 15 is 0 Å². The first-order chi connectivity index (χ1) is 14.8. The quantitative estimate of drug-likeness (QED) is 0.614. The van der Waals surface area contributed by atoms with Crippen LogP contribution in [-0.4, -0.2) is 27.5 Å². The summed E-state index contributed by atoms with van der Waals surface area (Å²) in [5.74, 6) is -1.56. The van der Waals surface area contributed by atoms with Gasteiger partial charge >= 0.3 is 6.18 Å². The van der Waals surface area contributed by atoms with E-state index in [1.54, 1.807) is 24.3 Å². The number of carbonyl (C=O) groups excluding carboxylic acids is 1. The number of halogens is 3. The van der Waals surface area contributed by atoms with Crippen molar-refractivity contribution in [3.05, 3.63) is 65.6 Å². The van der Waals surface area contributed by atoms with E-state index in [-0.39, 0.29) is 18.6 Å². The number of amides is 1. The molecule has 0 radical (unpaired) electrons. The molecule has 2 heterocycles. The van der Waals surface area contributed by atoms with Crippen LogP contribution in [0.4, 0.5) is 13.2 Å². The highest BCUT2D eigenvalue weighted by Crippen LogP contribution is 2.37. The van der Waals surface area contributed by atoms with E-state index in [1.807, 2.05) is 35.9 Å². The zero-order chi connectivity index (χ0) is 22.0. The molecule has 2 unspecified atom stereocenters. The number of carbonyl (C=O) groups is 1. The fourth-order valence-corrected chi connectivity index (χ4v) is 4.06. The SMILES string of the molecule is Cc1ccc2nc(COc3cccc(C(=O)NC4CCCCC4C(F)(F)F)c3)cn2c1. The standard InChI is InChI=1S/C23H24F3N3O2/c1-15-9-10-21-27-17(13-29(21)12-15)14-31-18-6-4-5-16(11-18)22(30)28-20-8-3-2-7-19(20)23(24,25)26/h4-6,9-13,19-20H,2-3,7-8,14H2,1H3,(H,28,30). The number of imidazole rings is 1. The highest BCUT2D eigenvalue weighted by atomic mass is 19.4. The average molecular weight is 431 g/mol. The van der Waals surface area contributed by atoms with Gasteiger partial charge in [-0.15, -0.1) is 0 Å². The number of hydrogen-bond donors (Lipinski definition) is 1. The molecule has 2 atom stereocenters. The molecular weight excluding hydrogens is 407 g/mol. The lowest BCUT2D eigenvalue weighted by Gasteiger charge is -2.33. The number of aromatic nitrogens is 2. The summed E-state index contributed by atoms with van der Waals surface area (Å²) >= 11 is 0. The lowest BCUT2D eigenvalue weighted by molar-refractivity contribution is -0.187. The minimum atomic E-state index is -4.31. The molecule has 1 saturated carbocycles. The molecule has 1 aliphatic carbocycles. The number of aryl methyl sites for hydroxylation is 1. The summed E-state index contributed by atoms with van der Waals surface area (Å²) in [6, 6.07) is 9.47. The highest BCUT2D eigenvalue weighted by Gasteiger charge is 2.46. The summed E-state index contributed by atoms with van der Waals surface area (Å²) in [6.07, 6.45) is 1.13. The molecule has 2 aromatic heterocycles. The number of alkyl halides is 3. The number of fused-ring (bicyclic) bond motifs is 1. The fraction of sp³-hybridized carbons (Fsp3) is 0.391. The molecule has 1 amide bonds. The van der Waals surface area contributed by atoms with Gasteiger partial charge in [-0.2, -0.15) is 13.2 Å². The van der Waals surface area contributed by atoms with Crippen molar-refractivity contribution < 1.29 is 22.7 Å². The zero-order valence-electron chi connectivity index (χ0n) is 17.2. The molecule has 3 aromatic rings. The molecule has 8 heteroatoms. The first-order valence-corrected chi connectivity index (χ1v) is 10.3. The van der Waals surface area contributed by atoms with E-state index in [0.717, 1.165) is 16.9 Å². The Kier molecular flexibility index (Phi) is 5.89. The van der Waals surface area contributed by atoms with Crippen molar-refractivity contribution in [3.8, 4) is 5.75 Å². The molecule has 5 nitrogen and oxygen atoms in total. The average Bonchev–Trinajstić information content (AvgIpc) is 3.14. The molecule has 0 bridgehead atoms. The molecule has 1 fully saturated rings. The second-order valence-electron chi connectivity index (χ2n) is 8.03. The van der Waals surface area contributed by atoms with Gasteiger partial charge in [0, 0.05) is 24.0 Å². The minimum Gasteiger partial charge on any atom is -0.487 e. The minimum absolute atomic E-state index is 0.0517. The summed E-state index contributed by atoms with van der Waals surface area (Å²) in [5.41, 5.74) is 2.93. The Balaban J connectivity index is 1.41. The molecule has 0 spiro atoms. The van der Waals surface area contributed by atoms with E-state index < -0.39 is 24.0 Å². The number of ether oxygens (including phenoxy) is 1. The van der Waals surface area contributed by atoms with Crippen molar-refractivity contribution in [3.63, 3.8) is 0 Å². The summed E-state index contributed by atoms with van der Waals surface area (Å²) in [6.45, 7) is 2.21. The van der Waals surface area contributed by atoms with Gasteiger partial charge in [0.05, 0.1) is 11.6 Å². The number of benzene rings is 1. The van der Waals surface area contributed by atoms with Crippen LogP contribution in [-0.2, 0) is 6.61 Å². The van der Waals surface area contributed by atoms with Gasteiger partial charge in [0.2, 0.25) is 0 Å². The molecule has 164 valence electrons. The fourth-order valence-electron chi connectivity index (χ4n) is 4.06. The molecule has 0 aliphatic heterocycles. The van der Waals surface area contributed by atoms with Gasteiger partial charge < -0.3 is 14.5 Å². The van der Waals surface area contributed by atoms with Gasteiger partial charge in [-0.25, -0.2) is 4.98 Å². The smallest absolute Gasteiger partial charge is 0.393 e.